The van der Waals surface area contributed by atoms with Crippen LogP contribution in [0.4, 0.5) is 5.95 Å². The Morgan fingerprint density at radius 1 is 1.38 bits per heavy atom. The average Bonchev–Trinajstić information content (AvgIpc) is 3.21. The number of hydrogen-bond acceptors (Lipinski definition) is 10. The molecule has 14 nitrogen and oxygen atoms in total. The largest absolute Gasteiger partial charge is 0.394 e. The summed E-state index contributed by atoms with van der Waals surface area (Å²) < 4.78 is 6.62. The molecular formula is C15H21N7O7. The summed E-state index contributed by atoms with van der Waals surface area (Å²) in [5.74, 6) is -1.55. The van der Waals surface area contributed by atoms with E-state index in [9.17, 15) is 29.7 Å². The van der Waals surface area contributed by atoms with E-state index in [0.29, 0.717) is 0 Å². The van der Waals surface area contributed by atoms with Gasteiger partial charge < -0.3 is 31.5 Å². The number of nitrogens with one attached hydrogen (secondary N) is 2. The number of carbonyl (C=O) groups is 2. The van der Waals surface area contributed by atoms with Crippen LogP contribution in [0.2, 0.25) is 0 Å². The van der Waals surface area contributed by atoms with Gasteiger partial charge in [-0.1, -0.05) is 0 Å². The van der Waals surface area contributed by atoms with Crippen molar-refractivity contribution in [2.45, 2.75) is 43.4 Å². The number of nitrogens with two attached hydrogens (primary N) is 2. The van der Waals surface area contributed by atoms with Crippen molar-refractivity contribution in [1.29, 1.82) is 0 Å². The Bertz CT molecular complexity index is 974. The molecule has 0 aliphatic carbocycles. The third-order valence-corrected chi connectivity index (χ3v) is 4.50. The summed E-state index contributed by atoms with van der Waals surface area (Å²) in [7, 11) is 0. The second-order valence-corrected chi connectivity index (χ2v) is 6.57. The number of hydrogen-bond donors (Lipinski definition) is 7. The zero-order chi connectivity index (χ0) is 21.3. The van der Waals surface area contributed by atoms with Gasteiger partial charge in [-0.15, -0.1) is 0 Å². The standard InChI is InChI=1S/C15H21N7O7/c16-5(1-2-7(17)24)12(27)20-15-19-11-8(13(28)21-15)18-4-22(11)14-10(26)9(25)6(3-23)29-14/h4-6,9-10,14,23,25-26H,1-3,16H2,(H2,17,24)(H2,19,20,21,27,28)/t5-,6+,9+,10+,14+/m0/s1. The molecule has 0 spiro atoms. The summed E-state index contributed by atoms with van der Waals surface area (Å²) in [6, 6.07) is -1.06. The highest BCUT2D eigenvalue weighted by atomic mass is 16.6. The number of fused-ring (bicyclic) bond motifs is 1. The van der Waals surface area contributed by atoms with Crippen LogP contribution in [0.15, 0.2) is 11.1 Å². The Kier molecular flexibility index (Phi) is 5.90. The first kappa shape index (κ1) is 20.8. The molecule has 2 aromatic rings. The number of amides is 2. The van der Waals surface area contributed by atoms with Crippen LogP contribution >= 0.6 is 0 Å². The topological polar surface area (TPSA) is 232 Å². The highest BCUT2D eigenvalue weighted by Gasteiger charge is 2.44. The fourth-order valence-electron chi connectivity index (χ4n) is 2.92. The number of H-pyrrole nitrogens is 1. The van der Waals surface area contributed by atoms with E-state index in [1.807, 2.05) is 0 Å². The molecule has 3 heterocycles. The molecule has 3 rings (SSSR count). The van der Waals surface area contributed by atoms with Crippen LogP contribution in [0.5, 0.6) is 0 Å². The number of aromatic amines is 1. The molecule has 0 unspecified atom stereocenters. The van der Waals surface area contributed by atoms with E-state index in [2.05, 4.69) is 20.3 Å². The Hall–Kier alpha value is -2.91. The smallest absolute Gasteiger partial charge is 0.280 e. The maximum absolute atomic E-state index is 12.3. The maximum Gasteiger partial charge on any atom is 0.280 e. The highest BCUT2D eigenvalue weighted by Crippen LogP contribution is 2.30. The first-order valence-electron chi connectivity index (χ1n) is 8.67. The lowest BCUT2D eigenvalue weighted by atomic mass is 10.1. The minimum atomic E-state index is -1.41. The molecule has 1 saturated heterocycles. The van der Waals surface area contributed by atoms with Crippen molar-refractivity contribution in [2.75, 3.05) is 11.9 Å². The third kappa shape index (κ3) is 4.10. The van der Waals surface area contributed by atoms with Gasteiger partial charge >= 0.3 is 0 Å². The van der Waals surface area contributed by atoms with Gasteiger partial charge in [-0.25, -0.2) is 4.98 Å². The number of aliphatic hydroxyl groups excluding tert-OH is 3. The van der Waals surface area contributed by atoms with Gasteiger partial charge in [0.2, 0.25) is 17.8 Å². The number of aromatic nitrogens is 4. The lowest BCUT2D eigenvalue weighted by Gasteiger charge is -2.16. The molecule has 0 bridgehead atoms. The van der Waals surface area contributed by atoms with Gasteiger partial charge in [0.05, 0.1) is 19.0 Å². The molecule has 29 heavy (non-hydrogen) atoms. The minimum absolute atomic E-state index is 0.00805. The zero-order valence-electron chi connectivity index (χ0n) is 15.1. The SMILES string of the molecule is NC(=O)CC[C@H](N)C(=O)Nc1nc2c(ncn2[C@@H]2O[C@H](CO)[C@@H](O)[C@H]2O)c(=O)[nH]1. The fourth-order valence-corrected chi connectivity index (χ4v) is 2.92. The predicted octanol–water partition coefficient (Wildman–Crippen LogP) is -3.74. The predicted molar refractivity (Wildman–Crippen MR) is 96.2 cm³/mol. The van der Waals surface area contributed by atoms with Crippen LogP contribution in [0, 0.1) is 0 Å². The van der Waals surface area contributed by atoms with Crippen LogP contribution in [-0.4, -0.2) is 77.6 Å². The van der Waals surface area contributed by atoms with Crippen LogP contribution in [0.1, 0.15) is 19.1 Å². The van der Waals surface area contributed by atoms with E-state index < -0.39 is 54.6 Å². The quantitative estimate of drug-likeness (QED) is 0.235. The zero-order valence-corrected chi connectivity index (χ0v) is 15.1. The number of ether oxygens (including phenoxy) is 1. The first-order valence-corrected chi connectivity index (χ1v) is 8.67. The molecule has 1 aliphatic rings. The minimum Gasteiger partial charge on any atom is -0.394 e. The number of aliphatic hydroxyl groups is 3. The second kappa shape index (κ2) is 8.22. The number of primary amides is 1. The molecule has 0 aromatic carbocycles. The molecular weight excluding hydrogens is 390 g/mol. The number of imidazole rings is 1. The molecule has 1 aliphatic heterocycles. The summed E-state index contributed by atoms with van der Waals surface area (Å²) in [6.45, 7) is -0.528. The lowest BCUT2D eigenvalue weighted by molar-refractivity contribution is -0.119. The van der Waals surface area contributed by atoms with Crippen LogP contribution < -0.4 is 22.3 Å². The maximum atomic E-state index is 12.3. The summed E-state index contributed by atoms with van der Waals surface area (Å²) in [4.78, 5) is 45.5. The van der Waals surface area contributed by atoms with Crippen molar-refractivity contribution in [1.82, 2.24) is 19.5 Å². The summed E-state index contributed by atoms with van der Waals surface area (Å²) in [5, 5.41) is 31.6. The molecule has 5 atom stereocenters. The number of anilines is 1. The average molecular weight is 411 g/mol. The Balaban J connectivity index is 1.87. The summed E-state index contributed by atoms with van der Waals surface area (Å²) in [6.07, 6.45) is -3.86. The van der Waals surface area contributed by atoms with E-state index in [1.54, 1.807) is 0 Å². The van der Waals surface area contributed by atoms with Gasteiger partial charge in [-0.2, -0.15) is 4.98 Å². The fraction of sp³-hybridized carbons (Fsp3) is 0.533. The van der Waals surface area contributed by atoms with Crippen molar-refractivity contribution < 1.29 is 29.6 Å². The molecule has 9 N–H and O–H groups in total. The molecule has 2 aromatic heterocycles. The monoisotopic (exact) mass is 411 g/mol. The second-order valence-electron chi connectivity index (χ2n) is 6.57. The van der Waals surface area contributed by atoms with E-state index in [0.717, 1.165) is 0 Å². The van der Waals surface area contributed by atoms with Crippen molar-refractivity contribution in [3.63, 3.8) is 0 Å². The Morgan fingerprint density at radius 2 is 2.10 bits per heavy atom. The summed E-state index contributed by atoms with van der Waals surface area (Å²) >= 11 is 0. The summed E-state index contributed by atoms with van der Waals surface area (Å²) in [5.41, 5.74) is 9.88. The molecule has 2 amide bonds. The number of nitrogens with zero attached hydrogens (tertiary/aromatic N) is 3. The van der Waals surface area contributed by atoms with Gasteiger partial charge in [0, 0.05) is 6.42 Å². The lowest BCUT2D eigenvalue weighted by Crippen LogP contribution is -2.37. The van der Waals surface area contributed by atoms with Crippen LogP contribution in [-0.2, 0) is 14.3 Å². The third-order valence-electron chi connectivity index (χ3n) is 4.50. The van der Waals surface area contributed by atoms with Crippen molar-refractivity contribution >= 4 is 28.9 Å². The van der Waals surface area contributed by atoms with Gasteiger partial charge in [0.25, 0.3) is 5.56 Å². The van der Waals surface area contributed by atoms with Gasteiger partial charge in [-0.05, 0) is 6.42 Å². The van der Waals surface area contributed by atoms with E-state index in [1.165, 1.54) is 10.9 Å². The highest BCUT2D eigenvalue weighted by molar-refractivity contribution is 5.94. The normalized spacial score (nSPS) is 25.2. The number of carbonyl (C=O) groups excluding carboxylic acids is 2. The van der Waals surface area contributed by atoms with E-state index in [4.69, 9.17) is 16.2 Å². The van der Waals surface area contributed by atoms with Crippen molar-refractivity contribution in [2.24, 2.45) is 11.5 Å². The molecule has 14 heteroatoms. The van der Waals surface area contributed by atoms with Gasteiger partial charge in [0.1, 0.15) is 18.3 Å². The Labute approximate surface area is 162 Å². The molecule has 0 saturated carbocycles. The van der Waals surface area contributed by atoms with Crippen LogP contribution in [0.3, 0.4) is 0 Å². The van der Waals surface area contributed by atoms with Crippen molar-refractivity contribution in [3.8, 4) is 0 Å². The van der Waals surface area contributed by atoms with Gasteiger partial charge in [-0.3, -0.25) is 29.3 Å². The van der Waals surface area contributed by atoms with E-state index in [-0.39, 0.29) is 30.0 Å². The van der Waals surface area contributed by atoms with E-state index >= 15 is 0 Å². The molecule has 0 radical (unpaired) electrons. The first-order chi connectivity index (χ1) is 13.7. The Morgan fingerprint density at radius 3 is 2.72 bits per heavy atom. The number of rotatable bonds is 7. The van der Waals surface area contributed by atoms with Crippen LogP contribution in [0.25, 0.3) is 11.2 Å². The van der Waals surface area contributed by atoms with Gasteiger partial charge in [0.15, 0.2) is 17.4 Å². The van der Waals surface area contributed by atoms with Crippen molar-refractivity contribution in [3.05, 3.63) is 16.7 Å². The molecule has 1 fully saturated rings. The molecule has 158 valence electrons.